The molecule has 1 unspecified atom stereocenters. The highest BCUT2D eigenvalue weighted by Crippen LogP contribution is 2.48. The summed E-state index contributed by atoms with van der Waals surface area (Å²) in [6.45, 7) is 0.343. The fraction of sp³-hybridized carbons (Fsp3) is 0.208. The fourth-order valence-electron chi connectivity index (χ4n) is 3.54. The summed E-state index contributed by atoms with van der Waals surface area (Å²) in [7, 11) is 0. The summed E-state index contributed by atoms with van der Waals surface area (Å²) in [5.74, 6) is -0.175. The molecule has 0 spiro atoms. The topological polar surface area (TPSA) is 97.1 Å². The number of carbonyl (C=O) groups excluding carboxylic acids is 2. The van der Waals surface area contributed by atoms with Gasteiger partial charge < -0.3 is 16.4 Å². The first kappa shape index (κ1) is 19.8. The Kier molecular flexibility index (Phi) is 5.59. The number of amides is 2. The Hall–Kier alpha value is -3.51. The number of hydrogen-bond donors (Lipinski definition) is 3. The van der Waals surface area contributed by atoms with E-state index in [9.17, 15) is 9.59 Å². The van der Waals surface area contributed by atoms with Crippen molar-refractivity contribution >= 4 is 17.5 Å². The molecular weight excluding hydrogens is 376 g/mol. The molecule has 0 radical (unpaired) electrons. The zero-order chi connectivity index (χ0) is 21.0. The van der Waals surface area contributed by atoms with Crippen LogP contribution in [0.25, 0.3) is 0 Å². The molecule has 4 rings (SSSR count). The van der Waals surface area contributed by atoms with Crippen LogP contribution in [0.2, 0.25) is 0 Å². The van der Waals surface area contributed by atoms with Crippen LogP contribution in [0, 0.1) is 0 Å². The number of nitrogens with zero attached hydrogens (tertiary/aromatic N) is 1. The number of nitrogens with one attached hydrogen (secondary N) is 2. The number of hydrogen-bond acceptors (Lipinski definition) is 4. The Bertz CT molecular complexity index is 1020. The minimum absolute atomic E-state index is 0.0255. The third kappa shape index (κ3) is 4.23. The summed E-state index contributed by atoms with van der Waals surface area (Å²) < 4.78 is 0. The molecule has 2 amide bonds. The van der Waals surface area contributed by atoms with Crippen molar-refractivity contribution in [2.24, 2.45) is 5.73 Å². The van der Waals surface area contributed by atoms with Crippen LogP contribution >= 0.6 is 0 Å². The molecule has 1 aliphatic carbocycles. The molecule has 30 heavy (non-hydrogen) atoms. The van der Waals surface area contributed by atoms with Crippen LogP contribution < -0.4 is 16.4 Å². The Labute approximate surface area is 175 Å². The highest BCUT2D eigenvalue weighted by atomic mass is 16.2. The normalized spacial score (nSPS) is 15.1. The van der Waals surface area contributed by atoms with Crippen molar-refractivity contribution in [3.63, 3.8) is 0 Å². The standard InChI is InChI=1S/C24H24N4O2/c25-21(16-27-23(30)24(12-13-24)19-4-2-1-3-5-19)17-6-8-18(9-7-17)22(29)28-20-10-14-26-15-11-20/h1-11,14-15,21H,12-13,16,25H2,(H,27,30)(H,26,28,29). The molecule has 152 valence electrons. The van der Waals surface area contributed by atoms with Crippen molar-refractivity contribution < 1.29 is 9.59 Å². The number of anilines is 1. The minimum Gasteiger partial charge on any atom is -0.353 e. The maximum Gasteiger partial charge on any atom is 0.255 e. The second kappa shape index (κ2) is 8.47. The summed E-state index contributed by atoms with van der Waals surface area (Å²) in [5.41, 5.74) is 9.00. The smallest absolute Gasteiger partial charge is 0.255 e. The zero-order valence-electron chi connectivity index (χ0n) is 16.5. The zero-order valence-corrected chi connectivity index (χ0v) is 16.5. The first-order chi connectivity index (χ1) is 14.6. The van der Waals surface area contributed by atoms with Gasteiger partial charge in [-0.2, -0.15) is 0 Å². The van der Waals surface area contributed by atoms with Crippen molar-refractivity contribution in [1.82, 2.24) is 10.3 Å². The van der Waals surface area contributed by atoms with Gasteiger partial charge in [-0.3, -0.25) is 14.6 Å². The maximum absolute atomic E-state index is 12.8. The van der Waals surface area contributed by atoms with E-state index in [1.54, 1.807) is 36.7 Å². The van der Waals surface area contributed by atoms with E-state index in [2.05, 4.69) is 15.6 Å². The lowest BCUT2D eigenvalue weighted by Crippen LogP contribution is -2.38. The van der Waals surface area contributed by atoms with Gasteiger partial charge >= 0.3 is 0 Å². The van der Waals surface area contributed by atoms with E-state index in [0.29, 0.717) is 17.8 Å². The van der Waals surface area contributed by atoms with Crippen molar-refractivity contribution in [1.29, 1.82) is 0 Å². The molecule has 6 heteroatoms. The van der Waals surface area contributed by atoms with Gasteiger partial charge in [0.05, 0.1) is 5.41 Å². The molecule has 0 saturated heterocycles. The van der Waals surface area contributed by atoms with Gasteiger partial charge in [0.1, 0.15) is 0 Å². The van der Waals surface area contributed by atoms with Crippen molar-refractivity contribution in [2.45, 2.75) is 24.3 Å². The summed E-state index contributed by atoms with van der Waals surface area (Å²) >= 11 is 0. The van der Waals surface area contributed by atoms with E-state index in [-0.39, 0.29) is 17.9 Å². The molecule has 0 aliphatic heterocycles. The molecule has 1 aromatic heterocycles. The molecule has 1 fully saturated rings. The lowest BCUT2D eigenvalue weighted by atomic mass is 9.95. The van der Waals surface area contributed by atoms with Crippen LogP contribution in [0.3, 0.4) is 0 Å². The van der Waals surface area contributed by atoms with Gasteiger partial charge in [-0.05, 0) is 48.2 Å². The minimum atomic E-state index is -0.407. The average Bonchev–Trinajstić information content (AvgIpc) is 3.61. The van der Waals surface area contributed by atoms with Gasteiger partial charge in [0, 0.05) is 36.2 Å². The van der Waals surface area contributed by atoms with Gasteiger partial charge in [-0.1, -0.05) is 42.5 Å². The second-order valence-corrected chi connectivity index (χ2v) is 7.58. The number of carbonyl (C=O) groups is 2. The number of nitrogens with two attached hydrogens (primary N) is 1. The molecule has 3 aromatic rings. The largest absolute Gasteiger partial charge is 0.353 e. The van der Waals surface area contributed by atoms with E-state index in [1.807, 2.05) is 42.5 Å². The third-order valence-corrected chi connectivity index (χ3v) is 5.53. The van der Waals surface area contributed by atoms with Crippen LogP contribution in [0.15, 0.2) is 79.1 Å². The number of aromatic nitrogens is 1. The highest BCUT2D eigenvalue weighted by Gasteiger charge is 2.51. The van der Waals surface area contributed by atoms with Gasteiger partial charge in [0.15, 0.2) is 0 Å². The molecule has 4 N–H and O–H groups in total. The van der Waals surface area contributed by atoms with Crippen LogP contribution in [0.5, 0.6) is 0 Å². The maximum atomic E-state index is 12.8. The molecule has 0 bridgehead atoms. The predicted octanol–water partition coefficient (Wildman–Crippen LogP) is 3.18. The third-order valence-electron chi connectivity index (χ3n) is 5.53. The first-order valence-corrected chi connectivity index (χ1v) is 9.99. The lowest BCUT2D eigenvalue weighted by molar-refractivity contribution is -0.123. The van der Waals surface area contributed by atoms with E-state index < -0.39 is 5.41 Å². The molecule has 1 heterocycles. The fourth-order valence-corrected chi connectivity index (χ4v) is 3.54. The van der Waals surface area contributed by atoms with Gasteiger partial charge in [-0.25, -0.2) is 0 Å². The van der Waals surface area contributed by atoms with Crippen molar-refractivity contribution in [2.75, 3.05) is 11.9 Å². The summed E-state index contributed by atoms with van der Waals surface area (Å²) in [6, 6.07) is 20.1. The molecule has 2 aromatic carbocycles. The van der Waals surface area contributed by atoms with Crippen LogP contribution in [0.4, 0.5) is 5.69 Å². The second-order valence-electron chi connectivity index (χ2n) is 7.58. The first-order valence-electron chi connectivity index (χ1n) is 9.99. The molecule has 1 saturated carbocycles. The molecule has 1 aliphatic rings. The van der Waals surface area contributed by atoms with Gasteiger partial charge in [-0.15, -0.1) is 0 Å². The molecular formula is C24H24N4O2. The number of pyridine rings is 1. The predicted molar refractivity (Wildman–Crippen MR) is 116 cm³/mol. The Morgan fingerprint density at radius 1 is 0.967 bits per heavy atom. The van der Waals surface area contributed by atoms with E-state index >= 15 is 0 Å². The van der Waals surface area contributed by atoms with Crippen molar-refractivity contribution in [3.8, 4) is 0 Å². The highest BCUT2D eigenvalue weighted by molar-refractivity contribution is 6.04. The molecule has 1 atom stereocenters. The monoisotopic (exact) mass is 400 g/mol. The van der Waals surface area contributed by atoms with E-state index in [1.165, 1.54) is 0 Å². The quantitative estimate of drug-likeness (QED) is 0.567. The van der Waals surface area contributed by atoms with Crippen LogP contribution in [-0.4, -0.2) is 23.3 Å². The van der Waals surface area contributed by atoms with Gasteiger partial charge in [0.2, 0.25) is 5.91 Å². The summed E-state index contributed by atoms with van der Waals surface area (Å²) in [5, 5.41) is 5.82. The summed E-state index contributed by atoms with van der Waals surface area (Å²) in [6.07, 6.45) is 4.96. The Balaban J connectivity index is 1.33. The average molecular weight is 400 g/mol. The lowest BCUT2D eigenvalue weighted by Gasteiger charge is -2.18. The summed E-state index contributed by atoms with van der Waals surface area (Å²) in [4.78, 5) is 29.0. The SMILES string of the molecule is NC(CNC(=O)C1(c2ccccc2)CC1)c1ccc(C(=O)Nc2ccncc2)cc1. The Morgan fingerprint density at radius 2 is 1.63 bits per heavy atom. The number of rotatable bonds is 7. The molecule has 6 nitrogen and oxygen atoms in total. The Morgan fingerprint density at radius 3 is 2.27 bits per heavy atom. The van der Waals surface area contributed by atoms with Crippen LogP contribution in [-0.2, 0) is 10.2 Å². The van der Waals surface area contributed by atoms with E-state index in [0.717, 1.165) is 24.0 Å². The van der Waals surface area contributed by atoms with E-state index in [4.69, 9.17) is 5.73 Å². The van der Waals surface area contributed by atoms with Crippen LogP contribution in [0.1, 0.15) is 40.4 Å². The van der Waals surface area contributed by atoms with Crippen molar-refractivity contribution in [3.05, 3.63) is 95.8 Å². The van der Waals surface area contributed by atoms with Gasteiger partial charge in [0.25, 0.3) is 5.91 Å². The number of benzene rings is 2.